The van der Waals surface area contributed by atoms with Crippen LogP contribution in [0.5, 0.6) is 0 Å². The molecule has 0 saturated carbocycles. The SMILES string of the molecule is CC(=O)N[C@@H]1CSc2ccccc2N(CCC(=O)NCc2ccc(C(=N)N)cc2)C1=O. The summed E-state index contributed by atoms with van der Waals surface area (Å²) >= 11 is 1.51. The second kappa shape index (κ2) is 10.1. The number of hydrogen-bond acceptors (Lipinski definition) is 5. The van der Waals surface area contributed by atoms with E-state index < -0.39 is 6.04 Å². The van der Waals surface area contributed by atoms with Crippen molar-refractivity contribution in [3.8, 4) is 0 Å². The Morgan fingerprint density at radius 1 is 1.19 bits per heavy atom. The van der Waals surface area contributed by atoms with E-state index in [1.807, 2.05) is 24.3 Å². The number of rotatable bonds is 7. The first-order valence-electron chi connectivity index (χ1n) is 9.85. The molecule has 0 unspecified atom stereocenters. The summed E-state index contributed by atoms with van der Waals surface area (Å²) in [4.78, 5) is 39.5. The maximum Gasteiger partial charge on any atom is 0.250 e. The highest BCUT2D eigenvalue weighted by molar-refractivity contribution is 7.99. The molecule has 0 aromatic heterocycles. The molecule has 0 fully saturated rings. The third-order valence-electron chi connectivity index (χ3n) is 4.82. The van der Waals surface area contributed by atoms with Crippen molar-refractivity contribution in [3.05, 3.63) is 59.7 Å². The number of carbonyl (C=O) groups is 3. The van der Waals surface area contributed by atoms with E-state index in [1.165, 1.54) is 18.7 Å². The monoisotopic (exact) mass is 439 g/mol. The van der Waals surface area contributed by atoms with Crippen LogP contribution in [0.15, 0.2) is 53.4 Å². The summed E-state index contributed by atoms with van der Waals surface area (Å²) in [5.74, 6) is -0.241. The minimum absolute atomic E-state index is 0.00582. The number of hydrogen-bond donors (Lipinski definition) is 4. The smallest absolute Gasteiger partial charge is 0.250 e. The van der Waals surface area contributed by atoms with Crippen LogP contribution in [0.25, 0.3) is 0 Å². The summed E-state index contributed by atoms with van der Waals surface area (Å²) in [6.45, 7) is 1.93. The van der Waals surface area contributed by atoms with Gasteiger partial charge in [-0.1, -0.05) is 36.4 Å². The predicted octanol–water partition coefficient (Wildman–Crippen LogP) is 1.62. The normalized spacial score (nSPS) is 15.6. The molecule has 2 aromatic rings. The zero-order valence-electron chi connectivity index (χ0n) is 17.2. The van der Waals surface area contributed by atoms with Gasteiger partial charge in [-0.2, -0.15) is 0 Å². The summed E-state index contributed by atoms with van der Waals surface area (Å²) in [5.41, 5.74) is 7.70. The zero-order chi connectivity index (χ0) is 22.4. The van der Waals surface area contributed by atoms with Crippen LogP contribution in [0.4, 0.5) is 5.69 Å². The Labute approximate surface area is 185 Å². The number of nitrogen functional groups attached to an aromatic ring is 1. The Bertz CT molecular complexity index is 993. The van der Waals surface area contributed by atoms with Crippen molar-refractivity contribution < 1.29 is 14.4 Å². The summed E-state index contributed by atoms with van der Waals surface area (Å²) in [7, 11) is 0. The van der Waals surface area contributed by atoms with E-state index in [0.29, 0.717) is 17.9 Å². The lowest BCUT2D eigenvalue weighted by molar-refractivity contribution is -0.126. The van der Waals surface area contributed by atoms with Crippen molar-refractivity contribution in [2.75, 3.05) is 17.2 Å². The number of carbonyl (C=O) groups excluding carboxylic acids is 3. The molecule has 5 N–H and O–H groups in total. The Morgan fingerprint density at radius 3 is 2.58 bits per heavy atom. The van der Waals surface area contributed by atoms with Crippen LogP contribution >= 0.6 is 11.8 Å². The van der Waals surface area contributed by atoms with E-state index in [9.17, 15) is 14.4 Å². The van der Waals surface area contributed by atoms with Crippen molar-refractivity contribution in [1.29, 1.82) is 5.41 Å². The number of fused-ring (bicyclic) bond motifs is 1. The Morgan fingerprint density at radius 2 is 1.90 bits per heavy atom. The van der Waals surface area contributed by atoms with Crippen LogP contribution < -0.4 is 21.3 Å². The van der Waals surface area contributed by atoms with Gasteiger partial charge < -0.3 is 21.3 Å². The Kier molecular flexibility index (Phi) is 7.30. The maximum absolute atomic E-state index is 13.1. The second-order valence-electron chi connectivity index (χ2n) is 7.16. The van der Waals surface area contributed by atoms with Gasteiger partial charge in [-0.3, -0.25) is 19.8 Å². The number of amides is 3. The van der Waals surface area contributed by atoms with Crippen molar-refractivity contribution in [2.24, 2.45) is 5.73 Å². The molecule has 8 nitrogen and oxygen atoms in total. The van der Waals surface area contributed by atoms with Gasteiger partial charge in [0.2, 0.25) is 17.7 Å². The van der Waals surface area contributed by atoms with Crippen LogP contribution in [0.1, 0.15) is 24.5 Å². The highest BCUT2D eigenvalue weighted by atomic mass is 32.2. The maximum atomic E-state index is 13.1. The summed E-state index contributed by atoms with van der Waals surface area (Å²) < 4.78 is 0. The molecular weight excluding hydrogens is 414 g/mol. The molecule has 0 bridgehead atoms. The third kappa shape index (κ3) is 5.85. The molecule has 0 aliphatic carbocycles. The van der Waals surface area contributed by atoms with Crippen molar-refractivity contribution in [2.45, 2.75) is 30.8 Å². The molecule has 0 radical (unpaired) electrons. The molecule has 2 aromatic carbocycles. The van der Waals surface area contributed by atoms with Gasteiger partial charge in [0, 0.05) is 42.6 Å². The highest BCUT2D eigenvalue weighted by Crippen LogP contribution is 2.34. The molecule has 9 heteroatoms. The van der Waals surface area contributed by atoms with Crippen LogP contribution in [0, 0.1) is 5.41 Å². The number of nitrogens with one attached hydrogen (secondary N) is 3. The van der Waals surface area contributed by atoms with Crippen molar-refractivity contribution >= 4 is 41.0 Å². The van der Waals surface area contributed by atoms with Gasteiger partial charge in [0.15, 0.2) is 0 Å². The van der Waals surface area contributed by atoms with Crippen molar-refractivity contribution in [3.63, 3.8) is 0 Å². The molecule has 3 amide bonds. The molecule has 162 valence electrons. The average molecular weight is 440 g/mol. The molecule has 1 aliphatic heterocycles. The molecule has 31 heavy (non-hydrogen) atoms. The van der Waals surface area contributed by atoms with E-state index >= 15 is 0 Å². The third-order valence-corrected chi connectivity index (χ3v) is 5.98. The minimum atomic E-state index is -0.641. The second-order valence-corrected chi connectivity index (χ2v) is 8.22. The number of nitrogens with two attached hydrogens (primary N) is 1. The molecule has 0 spiro atoms. The standard InChI is InChI=1S/C22H25N5O3S/c1-14(28)26-17-13-31-19-5-3-2-4-18(19)27(22(17)30)11-10-20(29)25-12-15-6-8-16(9-7-15)21(23)24/h2-9,17H,10-13H2,1H3,(H3,23,24)(H,25,29)(H,26,28)/t17-/m1/s1. The van der Waals surface area contributed by atoms with E-state index in [0.717, 1.165) is 16.1 Å². The predicted molar refractivity (Wildman–Crippen MR) is 121 cm³/mol. The molecule has 1 heterocycles. The summed E-state index contributed by atoms with van der Waals surface area (Å²) in [5, 5.41) is 13.0. The van der Waals surface area contributed by atoms with Gasteiger partial charge in [-0.25, -0.2) is 0 Å². The fourth-order valence-electron chi connectivity index (χ4n) is 3.24. The molecule has 1 atom stereocenters. The highest BCUT2D eigenvalue weighted by Gasteiger charge is 2.31. The number of amidine groups is 1. The largest absolute Gasteiger partial charge is 0.384 e. The van der Waals surface area contributed by atoms with E-state index in [2.05, 4.69) is 10.6 Å². The fourth-order valence-corrected chi connectivity index (χ4v) is 4.31. The van der Waals surface area contributed by atoms with Gasteiger partial charge in [0.05, 0.1) is 5.69 Å². The molecule has 1 aliphatic rings. The lowest BCUT2D eigenvalue weighted by Crippen LogP contribution is -2.49. The first-order valence-corrected chi connectivity index (χ1v) is 10.8. The quantitative estimate of drug-likeness (QED) is 0.385. The number of nitrogens with zero attached hydrogens (tertiary/aromatic N) is 1. The summed E-state index contributed by atoms with van der Waals surface area (Å²) in [6.07, 6.45) is 0.128. The van der Waals surface area contributed by atoms with Gasteiger partial charge >= 0.3 is 0 Å². The summed E-state index contributed by atoms with van der Waals surface area (Å²) in [6, 6.07) is 14.0. The van der Waals surface area contributed by atoms with E-state index in [1.54, 1.807) is 29.2 Å². The van der Waals surface area contributed by atoms with Crippen LogP contribution in [0.2, 0.25) is 0 Å². The minimum Gasteiger partial charge on any atom is -0.384 e. The number of thioether (sulfide) groups is 1. The van der Waals surface area contributed by atoms with Crippen LogP contribution in [-0.4, -0.2) is 41.9 Å². The first kappa shape index (κ1) is 22.4. The van der Waals surface area contributed by atoms with E-state index in [-0.39, 0.29) is 36.5 Å². The average Bonchev–Trinajstić information content (AvgIpc) is 2.87. The number of anilines is 1. The van der Waals surface area contributed by atoms with Crippen molar-refractivity contribution in [1.82, 2.24) is 10.6 Å². The van der Waals surface area contributed by atoms with Gasteiger partial charge in [-0.15, -0.1) is 11.8 Å². The van der Waals surface area contributed by atoms with Gasteiger partial charge in [0.25, 0.3) is 0 Å². The van der Waals surface area contributed by atoms with Gasteiger partial charge in [0.1, 0.15) is 11.9 Å². The first-order chi connectivity index (χ1) is 14.8. The molecular formula is C22H25N5O3S. The zero-order valence-corrected chi connectivity index (χ0v) is 18.0. The molecule has 0 saturated heterocycles. The number of benzene rings is 2. The Balaban J connectivity index is 1.63. The topological polar surface area (TPSA) is 128 Å². The number of para-hydroxylation sites is 1. The fraction of sp³-hybridized carbons (Fsp3) is 0.273. The lowest BCUT2D eigenvalue weighted by Gasteiger charge is -2.25. The van der Waals surface area contributed by atoms with Crippen LogP contribution in [-0.2, 0) is 20.9 Å². The Hall–Kier alpha value is -3.33. The van der Waals surface area contributed by atoms with E-state index in [4.69, 9.17) is 11.1 Å². The van der Waals surface area contributed by atoms with Gasteiger partial charge in [-0.05, 0) is 17.7 Å². The molecule has 3 rings (SSSR count). The lowest BCUT2D eigenvalue weighted by atomic mass is 10.1. The van der Waals surface area contributed by atoms with Crippen LogP contribution in [0.3, 0.4) is 0 Å².